The monoisotopic (exact) mass is 285 g/mol. The van der Waals surface area contributed by atoms with E-state index in [2.05, 4.69) is 10.1 Å². The Bertz CT molecular complexity index is 452. The van der Waals surface area contributed by atoms with Gasteiger partial charge < -0.3 is 0 Å². The summed E-state index contributed by atoms with van der Waals surface area (Å²) < 4.78 is 62.7. The maximum Gasteiger partial charge on any atom is 0.461 e. The van der Waals surface area contributed by atoms with E-state index >= 15 is 0 Å². The molecule has 1 aromatic heterocycles. The highest BCUT2D eigenvalue weighted by Crippen LogP contribution is 2.36. The van der Waals surface area contributed by atoms with Crippen LogP contribution in [0.1, 0.15) is 19.7 Å². The van der Waals surface area contributed by atoms with Crippen molar-refractivity contribution in [2.75, 3.05) is 0 Å². The molecule has 0 amide bonds. The quantitative estimate of drug-likeness (QED) is 0.779. The van der Waals surface area contributed by atoms with E-state index < -0.39 is 24.3 Å². The predicted molar refractivity (Wildman–Crippen MR) is 54.6 cm³/mol. The minimum atomic E-state index is -5.90. The van der Waals surface area contributed by atoms with Gasteiger partial charge >= 0.3 is 12.1 Å². The first kappa shape index (κ1) is 15.5. The molecule has 0 saturated heterocycles. The average molecular weight is 285 g/mol. The van der Waals surface area contributed by atoms with Crippen molar-refractivity contribution in [1.29, 1.82) is 0 Å². The number of hydrogen-bond acceptors (Lipinski definition) is 3. The number of rotatable bonds is 5. The van der Waals surface area contributed by atoms with E-state index in [0.29, 0.717) is 0 Å². The maximum absolute atomic E-state index is 12.8. The summed E-state index contributed by atoms with van der Waals surface area (Å²) in [5.41, 5.74) is 0. The minimum absolute atomic E-state index is 0.0821. The molecule has 0 aliphatic heterocycles. The largest absolute Gasteiger partial charge is 0.461 e. The third-order valence-corrected chi connectivity index (χ3v) is 2.26. The van der Waals surface area contributed by atoms with Gasteiger partial charge in [0, 0.05) is 6.54 Å². The van der Waals surface area contributed by atoms with E-state index in [9.17, 15) is 26.7 Å². The first-order valence-corrected chi connectivity index (χ1v) is 5.40. The molecule has 9 heteroatoms. The zero-order valence-electron chi connectivity index (χ0n) is 10.2. The van der Waals surface area contributed by atoms with Gasteiger partial charge in [-0.15, -0.1) is 0 Å². The summed E-state index contributed by atoms with van der Waals surface area (Å²) in [5.74, 6) is -7.74. The van der Waals surface area contributed by atoms with E-state index in [1.54, 1.807) is 13.8 Å². The molecule has 0 unspecified atom stereocenters. The summed E-state index contributed by atoms with van der Waals surface area (Å²) >= 11 is 0. The van der Waals surface area contributed by atoms with Gasteiger partial charge in [0.2, 0.25) is 5.78 Å². The SMILES string of the molecule is CC(C)Cn1ncnc1CC(=O)C(F)(F)C(F)(F)F. The van der Waals surface area contributed by atoms with E-state index in [0.717, 1.165) is 11.0 Å². The van der Waals surface area contributed by atoms with Crippen molar-refractivity contribution in [3.05, 3.63) is 12.2 Å². The molecule has 0 saturated carbocycles. The van der Waals surface area contributed by atoms with Crippen molar-refractivity contribution in [2.45, 2.75) is 38.9 Å². The summed E-state index contributed by atoms with van der Waals surface area (Å²) in [7, 11) is 0. The molecule has 0 bridgehead atoms. The van der Waals surface area contributed by atoms with Crippen LogP contribution in [0.5, 0.6) is 0 Å². The molecule has 108 valence electrons. The van der Waals surface area contributed by atoms with Gasteiger partial charge in [-0.05, 0) is 5.92 Å². The minimum Gasteiger partial charge on any atom is -0.292 e. The van der Waals surface area contributed by atoms with Crippen LogP contribution in [0.2, 0.25) is 0 Å². The second-order valence-electron chi connectivity index (χ2n) is 4.42. The van der Waals surface area contributed by atoms with Crippen molar-refractivity contribution in [3.63, 3.8) is 0 Å². The lowest BCUT2D eigenvalue weighted by Crippen LogP contribution is -2.45. The van der Waals surface area contributed by atoms with Gasteiger partial charge in [-0.1, -0.05) is 13.8 Å². The molecule has 0 N–H and O–H groups in total. The number of hydrogen-bond donors (Lipinski definition) is 0. The molecule has 1 aromatic rings. The van der Waals surface area contributed by atoms with Crippen molar-refractivity contribution >= 4 is 5.78 Å². The molecule has 0 atom stereocenters. The lowest BCUT2D eigenvalue weighted by molar-refractivity contribution is -0.268. The molecular formula is C10H12F5N3O. The van der Waals surface area contributed by atoms with Crippen LogP contribution >= 0.6 is 0 Å². The van der Waals surface area contributed by atoms with Crippen LogP contribution in [0.3, 0.4) is 0 Å². The second-order valence-corrected chi connectivity index (χ2v) is 4.42. The molecule has 0 aliphatic rings. The van der Waals surface area contributed by atoms with E-state index in [1.807, 2.05) is 0 Å². The number of nitrogens with zero attached hydrogens (tertiary/aromatic N) is 3. The maximum atomic E-state index is 12.8. The van der Waals surface area contributed by atoms with Crippen LogP contribution in [0.25, 0.3) is 0 Å². The topological polar surface area (TPSA) is 47.8 Å². The third-order valence-electron chi connectivity index (χ3n) is 2.26. The Morgan fingerprint density at radius 1 is 1.32 bits per heavy atom. The number of alkyl halides is 5. The highest BCUT2D eigenvalue weighted by molar-refractivity contribution is 5.87. The lowest BCUT2D eigenvalue weighted by atomic mass is 10.1. The molecule has 0 spiro atoms. The first-order chi connectivity index (χ1) is 8.55. The Morgan fingerprint density at radius 3 is 2.37 bits per heavy atom. The van der Waals surface area contributed by atoms with Crippen molar-refractivity contribution in [2.24, 2.45) is 5.92 Å². The van der Waals surface area contributed by atoms with Crippen molar-refractivity contribution in [1.82, 2.24) is 14.8 Å². The number of aromatic nitrogens is 3. The van der Waals surface area contributed by atoms with Crippen molar-refractivity contribution in [3.8, 4) is 0 Å². The average Bonchev–Trinajstić information content (AvgIpc) is 2.63. The van der Waals surface area contributed by atoms with Gasteiger partial charge in [0.25, 0.3) is 0 Å². The summed E-state index contributed by atoms with van der Waals surface area (Å²) in [6, 6.07) is 0. The molecule has 1 heterocycles. The number of carbonyl (C=O) groups is 1. The molecule has 0 fully saturated rings. The molecule has 19 heavy (non-hydrogen) atoms. The first-order valence-electron chi connectivity index (χ1n) is 5.40. The Morgan fingerprint density at radius 2 is 1.89 bits per heavy atom. The van der Waals surface area contributed by atoms with Crippen LogP contribution in [0.15, 0.2) is 6.33 Å². The third kappa shape index (κ3) is 3.48. The fourth-order valence-electron chi connectivity index (χ4n) is 1.34. The second kappa shape index (κ2) is 5.22. The molecule has 0 aromatic carbocycles. The van der Waals surface area contributed by atoms with Crippen LogP contribution in [-0.2, 0) is 17.8 Å². The zero-order valence-corrected chi connectivity index (χ0v) is 10.2. The molecule has 0 radical (unpaired) electrons. The Labute approximate surface area is 105 Å². The standard InChI is InChI=1S/C10H12F5N3O/c1-6(2)4-18-8(16-5-17-18)3-7(19)9(11,12)10(13,14)15/h5-6H,3-4H2,1-2H3. The van der Waals surface area contributed by atoms with Gasteiger partial charge in [0.05, 0.1) is 6.42 Å². The number of Topliss-reactive ketones (excluding diaryl/α,β-unsaturated/α-hetero) is 1. The Hall–Kier alpha value is -1.54. The smallest absolute Gasteiger partial charge is 0.292 e. The molecular weight excluding hydrogens is 273 g/mol. The fraction of sp³-hybridized carbons (Fsp3) is 0.700. The fourth-order valence-corrected chi connectivity index (χ4v) is 1.34. The zero-order chi connectivity index (χ0) is 14.8. The summed E-state index contributed by atoms with van der Waals surface area (Å²) in [4.78, 5) is 14.6. The summed E-state index contributed by atoms with van der Waals surface area (Å²) in [5, 5.41) is 3.68. The normalized spacial score (nSPS) is 13.1. The van der Waals surface area contributed by atoms with Gasteiger partial charge in [-0.2, -0.15) is 27.1 Å². The van der Waals surface area contributed by atoms with Crippen LogP contribution in [0, 0.1) is 5.92 Å². The molecule has 0 aliphatic carbocycles. The van der Waals surface area contributed by atoms with Gasteiger partial charge in [0.15, 0.2) is 0 Å². The number of ketones is 1. The Kier molecular flexibility index (Phi) is 4.26. The lowest BCUT2D eigenvalue weighted by Gasteiger charge is -2.18. The van der Waals surface area contributed by atoms with E-state index in [4.69, 9.17) is 0 Å². The van der Waals surface area contributed by atoms with E-state index in [1.165, 1.54) is 0 Å². The molecule has 4 nitrogen and oxygen atoms in total. The van der Waals surface area contributed by atoms with E-state index in [-0.39, 0.29) is 18.3 Å². The van der Waals surface area contributed by atoms with Gasteiger partial charge in [0.1, 0.15) is 12.2 Å². The summed E-state index contributed by atoms with van der Waals surface area (Å²) in [6.45, 7) is 3.88. The van der Waals surface area contributed by atoms with Crippen LogP contribution in [0.4, 0.5) is 22.0 Å². The summed E-state index contributed by atoms with van der Waals surface area (Å²) in [6.07, 6.45) is -6.00. The van der Waals surface area contributed by atoms with Gasteiger partial charge in [-0.3, -0.25) is 4.79 Å². The highest BCUT2D eigenvalue weighted by atomic mass is 19.4. The van der Waals surface area contributed by atoms with Crippen molar-refractivity contribution < 1.29 is 26.7 Å². The highest BCUT2D eigenvalue weighted by Gasteiger charge is 2.62. The number of carbonyl (C=O) groups excluding carboxylic acids is 1. The number of halogens is 5. The molecule has 1 rings (SSSR count). The van der Waals surface area contributed by atoms with Gasteiger partial charge in [-0.25, -0.2) is 9.67 Å². The predicted octanol–water partition coefficient (Wildman–Crippen LogP) is 2.24. The van der Waals surface area contributed by atoms with Crippen LogP contribution in [-0.4, -0.2) is 32.6 Å². The Balaban J connectivity index is 2.86. The van der Waals surface area contributed by atoms with Crippen LogP contribution < -0.4 is 0 Å².